The molecule has 0 radical (unpaired) electrons. The normalized spacial score (nSPS) is 15.0. The summed E-state index contributed by atoms with van der Waals surface area (Å²) in [4.78, 5) is 28.9. The number of aryl methyl sites for hydroxylation is 1. The quantitative estimate of drug-likeness (QED) is 0.413. The molecule has 1 atom stereocenters. The molecule has 1 aliphatic rings. The Balaban J connectivity index is 1.61. The molecule has 2 heterocycles. The summed E-state index contributed by atoms with van der Waals surface area (Å²) >= 11 is 0. The van der Waals surface area contributed by atoms with Gasteiger partial charge in [-0.3, -0.25) is 9.59 Å². The fourth-order valence-corrected chi connectivity index (χ4v) is 4.56. The second-order valence-corrected chi connectivity index (χ2v) is 8.45. The lowest BCUT2D eigenvalue weighted by Crippen LogP contribution is -2.31. The van der Waals surface area contributed by atoms with Crippen molar-refractivity contribution in [1.82, 2.24) is 4.90 Å². The number of benzene rings is 3. The second kappa shape index (κ2) is 8.71. The van der Waals surface area contributed by atoms with E-state index in [2.05, 4.69) is 0 Å². The Morgan fingerprint density at radius 3 is 2.41 bits per heavy atom. The van der Waals surface area contributed by atoms with Gasteiger partial charge in [0.1, 0.15) is 17.1 Å². The lowest BCUT2D eigenvalue weighted by Gasteiger charge is -2.25. The molecular weight excluding hydrogens is 430 g/mol. The van der Waals surface area contributed by atoms with Crippen LogP contribution in [0.1, 0.15) is 38.9 Å². The zero-order chi connectivity index (χ0) is 23.8. The maximum Gasteiger partial charge on any atom is 0.290 e. The Labute approximate surface area is 197 Å². The highest BCUT2D eigenvalue weighted by molar-refractivity contribution is 5.99. The van der Waals surface area contributed by atoms with Crippen LogP contribution in [-0.4, -0.2) is 31.6 Å². The van der Waals surface area contributed by atoms with Crippen molar-refractivity contribution >= 4 is 16.9 Å². The first kappa shape index (κ1) is 21.8. The predicted molar refractivity (Wildman–Crippen MR) is 130 cm³/mol. The highest BCUT2D eigenvalue weighted by atomic mass is 16.5. The highest BCUT2D eigenvalue weighted by Gasteiger charge is 2.42. The Hall–Kier alpha value is -4.06. The molecule has 0 N–H and O–H groups in total. The Morgan fingerprint density at radius 1 is 0.912 bits per heavy atom. The molecule has 0 unspecified atom stereocenters. The summed E-state index contributed by atoms with van der Waals surface area (Å²) in [7, 11) is 3.22. The molecule has 1 aliphatic heterocycles. The largest absolute Gasteiger partial charge is 0.497 e. The zero-order valence-corrected chi connectivity index (χ0v) is 19.3. The maximum absolute atomic E-state index is 13.7. The van der Waals surface area contributed by atoms with Crippen molar-refractivity contribution < 1.29 is 18.7 Å². The first-order chi connectivity index (χ1) is 16.5. The number of methoxy groups -OCH3 is 2. The smallest absolute Gasteiger partial charge is 0.290 e. The molecule has 0 spiro atoms. The summed E-state index contributed by atoms with van der Waals surface area (Å²) in [6.45, 7) is 2.35. The van der Waals surface area contributed by atoms with Crippen LogP contribution in [0.15, 0.2) is 75.9 Å². The van der Waals surface area contributed by atoms with E-state index in [1.807, 2.05) is 67.6 Å². The van der Waals surface area contributed by atoms with Gasteiger partial charge in [0, 0.05) is 6.54 Å². The van der Waals surface area contributed by atoms with E-state index in [-0.39, 0.29) is 17.1 Å². The van der Waals surface area contributed by atoms with Crippen molar-refractivity contribution in [3.8, 4) is 11.5 Å². The van der Waals surface area contributed by atoms with Gasteiger partial charge in [-0.1, -0.05) is 35.9 Å². The third kappa shape index (κ3) is 3.71. The minimum Gasteiger partial charge on any atom is -0.497 e. The maximum atomic E-state index is 13.7. The predicted octanol–water partition coefficient (Wildman–Crippen LogP) is 4.91. The van der Waals surface area contributed by atoms with E-state index in [1.165, 1.54) is 0 Å². The van der Waals surface area contributed by atoms with E-state index in [9.17, 15) is 9.59 Å². The third-order valence-electron chi connectivity index (χ3n) is 6.33. The van der Waals surface area contributed by atoms with E-state index in [0.29, 0.717) is 35.2 Å². The fourth-order valence-electron chi connectivity index (χ4n) is 4.56. The van der Waals surface area contributed by atoms with Gasteiger partial charge in [0.25, 0.3) is 5.91 Å². The number of carbonyl (C=O) groups is 1. The molecule has 34 heavy (non-hydrogen) atoms. The topological polar surface area (TPSA) is 69.0 Å². The molecule has 6 heteroatoms. The Kier molecular flexibility index (Phi) is 5.57. The number of nitrogens with zero attached hydrogens (tertiary/aromatic N) is 1. The summed E-state index contributed by atoms with van der Waals surface area (Å²) in [6, 6.07) is 20.1. The zero-order valence-electron chi connectivity index (χ0n) is 19.3. The molecule has 0 fully saturated rings. The van der Waals surface area contributed by atoms with E-state index < -0.39 is 6.04 Å². The number of hydrogen-bond acceptors (Lipinski definition) is 5. The van der Waals surface area contributed by atoms with Crippen molar-refractivity contribution in [2.24, 2.45) is 0 Å². The van der Waals surface area contributed by atoms with Gasteiger partial charge < -0.3 is 18.8 Å². The molecule has 0 saturated carbocycles. The van der Waals surface area contributed by atoms with E-state index in [1.54, 1.807) is 25.2 Å². The minimum absolute atomic E-state index is 0.115. The average Bonchev–Trinajstić information content (AvgIpc) is 3.15. The van der Waals surface area contributed by atoms with Crippen LogP contribution in [0.2, 0.25) is 0 Å². The lowest BCUT2D eigenvalue weighted by atomic mass is 9.97. The van der Waals surface area contributed by atoms with Crippen molar-refractivity contribution in [3.63, 3.8) is 0 Å². The van der Waals surface area contributed by atoms with Gasteiger partial charge in [-0.05, 0) is 60.9 Å². The van der Waals surface area contributed by atoms with Crippen LogP contribution in [0.4, 0.5) is 0 Å². The third-order valence-corrected chi connectivity index (χ3v) is 6.33. The van der Waals surface area contributed by atoms with Crippen molar-refractivity contribution in [2.75, 3.05) is 20.8 Å². The summed E-state index contributed by atoms with van der Waals surface area (Å²) in [5.74, 6) is 1.27. The SMILES string of the molecule is COc1ccc(CCN2C(=O)c3oc4ccc(C)cc4c(=O)c3[C@@H]2c2cccc(OC)c2)cc1. The van der Waals surface area contributed by atoms with Crippen molar-refractivity contribution in [1.29, 1.82) is 0 Å². The fraction of sp³-hybridized carbons (Fsp3) is 0.214. The van der Waals surface area contributed by atoms with Gasteiger partial charge in [-0.25, -0.2) is 0 Å². The molecule has 172 valence electrons. The number of rotatable bonds is 6. The number of carbonyl (C=O) groups excluding carboxylic acids is 1. The van der Waals surface area contributed by atoms with E-state index in [0.717, 1.165) is 22.4 Å². The average molecular weight is 456 g/mol. The van der Waals surface area contributed by atoms with Gasteiger partial charge in [-0.15, -0.1) is 0 Å². The summed E-state index contributed by atoms with van der Waals surface area (Å²) in [5.41, 5.74) is 3.45. The van der Waals surface area contributed by atoms with Gasteiger partial charge in [0.05, 0.1) is 31.2 Å². The summed E-state index contributed by atoms with van der Waals surface area (Å²) < 4.78 is 16.7. The Bertz CT molecular complexity index is 1440. The first-order valence-corrected chi connectivity index (χ1v) is 11.2. The monoisotopic (exact) mass is 455 g/mol. The molecular formula is C28H25NO5. The van der Waals surface area contributed by atoms with Gasteiger partial charge in [-0.2, -0.15) is 0 Å². The molecule has 0 bridgehead atoms. The number of fused-ring (bicyclic) bond motifs is 2. The van der Waals surface area contributed by atoms with Crippen LogP contribution in [0, 0.1) is 6.92 Å². The van der Waals surface area contributed by atoms with Gasteiger partial charge >= 0.3 is 0 Å². The number of hydrogen-bond donors (Lipinski definition) is 0. The lowest BCUT2D eigenvalue weighted by molar-refractivity contribution is 0.0730. The molecule has 5 rings (SSSR count). The molecule has 6 nitrogen and oxygen atoms in total. The molecule has 1 aromatic heterocycles. The van der Waals surface area contributed by atoms with Gasteiger partial charge in [0.15, 0.2) is 5.43 Å². The molecule has 3 aromatic carbocycles. The second-order valence-electron chi connectivity index (χ2n) is 8.45. The van der Waals surface area contributed by atoms with E-state index in [4.69, 9.17) is 13.9 Å². The van der Waals surface area contributed by atoms with Crippen LogP contribution in [0.3, 0.4) is 0 Å². The minimum atomic E-state index is -0.558. The number of amides is 1. The van der Waals surface area contributed by atoms with Crippen LogP contribution in [-0.2, 0) is 6.42 Å². The molecule has 0 aliphatic carbocycles. The number of ether oxygens (including phenoxy) is 2. The molecule has 0 saturated heterocycles. The van der Waals surface area contributed by atoms with Crippen LogP contribution < -0.4 is 14.9 Å². The summed E-state index contributed by atoms with van der Waals surface area (Å²) in [6.07, 6.45) is 0.622. The van der Waals surface area contributed by atoms with Crippen LogP contribution >= 0.6 is 0 Å². The van der Waals surface area contributed by atoms with Crippen molar-refractivity contribution in [2.45, 2.75) is 19.4 Å². The Morgan fingerprint density at radius 2 is 1.68 bits per heavy atom. The van der Waals surface area contributed by atoms with Gasteiger partial charge in [0.2, 0.25) is 5.76 Å². The molecule has 1 amide bonds. The standard InChI is InChI=1S/C28H25NO5/c1-17-7-12-23-22(15-17)26(30)24-25(19-5-4-6-21(16-19)33-3)29(28(31)27(24)34-23)14-13-18-8-10-20(32-2)11-9-18/h4-12,15-16,25H,13-14H2,1-3H3/t25-/m0/s1. The van der Waals surface area contributed by atoms with Crippen LogP contribution in [0.5, 0.6) is 11.5 Å². The highest BCUT2D eigenvalue weighted by Crippen LogP contribution is 2.39. The van der Waals surface area contributed by atoms with Crippen LogP contribution in [0.25, 0.3) is 11.0 Å². The van der Waals surface area contributed by atoms with Crippen molar-refractivity contribution in [3.05, 3.63) is 105 Å². The molecule has 4 aromatic rings. The van der Waals surface area contributed by atoms with E-state index >= 15 is 0 Å². The first-order valence-electron chi connectivity index (χ1n) is 11.2. The summed E-state index contributed by atoms with van der Waals surface area (Å²) in [5, 5.41) is 0.483.